The van der Waals surface area contributed by atoms with Crippen molar-refractivity contribution in [2.24, 2.45) is 7.05 Å². The molecule has 25 heavy (non-hydrogen) atoms. The minimum Gasteiger partial charge on any atom is -0.497 e. The van der Waals surface area contributed by atoms with E-state index >= 15 is 0 Å². The average Bonchev–Trinajstić information content (AvgIpc) is 2.98. The van der Waals surface area contributed by atoms with Crippen molar-refractivity contribution in [1.29, 1.82) is 0 Å². The van der Waals surface area contributed by atoms with Crippen molar-refractivity contribution in [2.45, 2.75) is 13.5 Å². The molecule has 130 valence electrons. The first-order valence-corrected chi connectivity index (χ1v) is 8.36. The zero-order chi connectivity index (χ0) is 18.1. The lowest BCUT2D eigenvalue weighted by Gasteiger charge is -2.10. The molecule has 0 aliphatic heterocycles. The minimum absolute atomic E-state index is 0.180. The third-order valence-electron chi connectivity index (χ3n) is 3.79. The monoisotopic (exact) mass is 359 g/mol. The predicted octanol–water partition coefficient (Wildman–Crippen LogP) is 1.72. The van der Waals surface area contributed by atoms with Crippen LogP contribution in [0, 0.1) is 6.92 Å². The summed E-state index contributed by atoms with van der Waals surface area (Å²) >= 11 is 1.32. The number of ether oxygens (including phenoxy) is 1. The maximum absolute atomic E-state index is 12.4. The van der Waals surface area contributed by atoms with Gasteiger partial charge in [-0.3, -0.25) is 18.7 Å². The Kier molecular flexibility index (Phi) is 4.45. The first kappa shape index (κ1) is 17.0. The number of hydrogen-bond donors (Lipinski definition) is 1. The average molecular weight is 359 g/mol. The van der Waals surface area contributed by atoms with E-state index in [-0.39, 0.29) is 18.0 Å². The standard InChI is InChI=1S/C17H17N3O4S/c1-10-7-13-15(22)19(2)17(23)20(16(13)25-10)9-14(21)18-11-5-4-6-12(8-11)24-3/h4-8H,9H2,1-3H3,(H,18,21). The van der Waals surface area contributed by atoms with Crippen molar-refractivity contribution >= 4 is 33.1 Å². The summed E-state index contributed by atoms with van der Waals surface area (Å²) in [6.45, 7) is 1.68. The van der Waals surface area contributed by atoms with E-state index in [0.717, 1.165) is 9.44 Å². The van der Waals surface area contributed by atoms with Gasteiger partial charge in [0.25, 0.3) is 5.56 Å². The van der Waals surface area contributed by atoms with Crippen molar-refractivity contribution in [3.63, 3.8) is 0 Å². The molecule has 0 atom stereocenters. The normalized spacial score (nSPS) is 10.8. The number of nitrogens with one attached hydrogen (secondary N) is 1. The fourth-order valence-electron chi connectivity index (χ4n) is 2.58. The van der Waals surface area contributed by atoms with Gasteiger partial charge in [-0.05, 0) is 25.1 Å². The molecule has 0 saturated carbocycles. The van der Waals surface area contributed by atoms with E-state index in [4.69, 9.17) is 4.74 Å². The quantitative estimate of drug-likeness (QED) is 0.769. The van der Waals surface area contributed by atoms with Gasteiger partial charge in [-0.1, -0.05) is 6.07 Å². The number of hydrogen-bond acceptors (Lipinski definition) is 5. The Balaban J connectivity index is 1.96. The summed E-state index contributed by atoms with van der Waals surface area (Å²) < 4.78 is 7.46. The summed E-state index contributed by atoms with van der Waals surface area (Å²) in [5.41, 5.74) is -0.297. The summed E-state index contributed by atoms with van der Waals surface area (Å²) in [5, 5.41) is 3.18. The largest absolute Gasteiger partial charge is 0.497 e. The molecule has 8 heteroatoms. The van der Waals surface area contributed by atoms with Gasteiger partial charge in [0.05, 0.1) is 12.5 Å². The lowest BCUT2D eigenvalue weighted by atomic mass is 10.3. The molecule has 0 fully saturated rings. The summed E-state index contributed by atoms with van der Waals surface area (Å²) in [5.74, 6) is 0.259. The minimum atomic E-state index is -0.514. The third-order valence-corrected chi connectivity index (χ3v) is 4.86. The number of methoxy groups -OCH3 is 1. The number of nitrogens with zero attached hydrogens (tertiary/aromatic N) is 2. The molecule has 3 aromatic rings. The fourth-order valence-corrected chi connectivity index (χ4v) is 3.57. The number of aryl methyl sites for hydroxylation is 1. The van der Waals surface area contributed by atoms with Crippen molar-refractivity contribution < 1.29 is 9.53 Å². The first-order chi connectivity index (χ1) is 11.9. The number of benzene rings is 1. The van der Waals surface area contributed by atoms with Gasteiger partial charge in [-0.15, -0.1) is 11.3 Å². The number of anilines is 1. The molecule has 0 radical (unpaired) electrons. The number of aromatic nitrogens is 2. The summed E-state index contributed by atoms with van der Waals surface area (Å²) in [6.07, 6.45) is 0. The smallest absolute Gasteiger partial charge is 0.332 e. The van der Waals surface area contributed by atoms with Crippen LogP contribution in [-0.4, -0.2) is 22.2 Å². The predicted molar refractivity (Wildman–Crippen MR) is 97.7 cm³/mol. The second-order valence-corrected chi connectivity index (χ2v) is 6.82. The molecule has 0 saturated heterocycles. The Morgan fingerprint density at radius 1 is 1.28 bits per heavy atom. The summed E-state index contributed by atoms with van der Waals surface area (Å²) in [7, 11) is 2.95. The zero-order valence-electron chi connectivity index (χ0n) is 14.0. The van der Waals surface area contributed by atoms with E-state index in [9.17, 15) is 14.4 Å². The molecule has 1 N–H and O–H groups in total. The maximum Gasteiger partial charge on any atom is 0.332 e. The van der Waals surface area contributed by atoms with E-state index in [0.29, 0.717) is 21.7 Å². The van der Waals surface area contributed by atoms with Crippen molar-refractivity contribution in [2.75, 3.05) is 12.4 Å². The number of carbonyl (C=O) groups is 1. The molecular formula is C17H17N3O4S. The molecule has 2 aromatic heterocycles. The SMILES string of the molecule is COc1cccc(NC(=O)Cn2c(=O)n(C)c(=O)c3cc(C)sc32)c1. The van der Waals surface area contributed by atoms with Gasteiger partial charge in [-0.2, -0.15) is 0 Å². The Labute approximate surface area is 147 Å². The Morgan fingerprint density at radius 2 is 2.04 bits per heavy atom. The van der Waals surface area contributed by atoms with Crippen LogP contribution >= 0.6 is 11.3 Å². The molecule has 2 heterocycles. The molecule has 0 aliphatic carbocycles. The van der Waals surface area contributed by atoms with Crippen LogP contribution in [0.4, 0.5) is 5.69 Å². The number of amides is 1. The van der Waals surface area contributed by atoms with Crippen molar-refractivity contribution in [3.8, 4) is 5.75 Å². The Hall–Kier alpha value is -2.87. The van der Waals surface area contributed by atoms with Gasteiger partial charge in [-0.25, -0.2) is 4.79 Å². The fraction of sp³-hybridized carbons (Fsp3) is 0.235. The number of carbonyl (C=O) groups excluding carboxylic acids is 1. The van der Waals surface area contributed by atoms with E-state index in [1.54, 1.807) is 37.4 Å². The third kappa shape index (κ3) is 3.20. The van der Waals surface area contributed by atoms with Crippen LogP contribution in [0.15, 0.2) is 39.9 Å². The number of fused-ring (bicyclic) bond motifs is 1. The number of thiophene rings is 1. The molecule has 7 nitrogen and oxygen atoms in total. The van der Waals surface area contributed by atoms with Crippen LogP contribution < -0.4 is 21.3 Å². The van der Waals surface area contributed by atoms with Gasteiger partial charge >= 0.3 is 5.69 Å². The van der Waals surface area contributed by atoms with E-state index in [1.165, 1.54) is 23.0 Å². The highest BCUT2D eigenvalue weighted by Gasteiger charge is 2.16. The second-order valence-electron chi connectivity index (χ2n) is 5.59. The number of rotatable bonds is 4. The van der Waals surface area contributed by atoms with Crippen molar-refractivity contribution in [3.05, 3.63) is 56.0 Å². The van der Waals surface area contributed by atoms with E-state index in [2.05, 4.69) is 5.32 Å². The van der Waals surface area contributed by atoms with Crippen LogP contribution in [0.25, 0.3) is 10.2 Å². The lowest BCUT2D eigenvalue weighted by Crippen LogP contribution is -2.39. The van der Waals surface area contributed by atoms with E-state index < -0.39 is 5.69 Å². The van der Waals surface area contributed by atoms with Crippen LogP contribution in [-0.2, 0) is 18.4 Å². The van der Waals surface area contributed by atoms with Gasteiger partial charge in [0, 0.05) is 23.7 Å². The lowest BCUT2D eigenvalue weighted by molar-refractivity contribution is -0.116. The van der Waals surface area contributed by atoms with E-state index in [1.807, 2.05) is 6.92 Å². The second kappa shape index (κ2) is 6.56. The molecule has 1 aromatic carbocycles. The highest BCUT2D eigenvalue weighted by Crippen LogP contribution is 2.21. The Morgan fingerprint density at radius 3 is 2.76 bits per heavy atom. The molecule has 3 rings (SSSR count). The Bertz CT molecular complexity index is 1080. The molecular weight excluding hydrogens is 342 g/mol. The molecule has 0 aliphatic rings. The topological polar surface area (TPSA) is 82.3 Å². The first-order valence-electron chi connectivity index (χ1n) is 7.54. The highest BCUT2D eigenvalue weighted by atomic mass is 32.1. The zero-order valence-corrected chi connectivity index (χ0v) is 14.8. The van der Waals surface area contributed by atoms with Crippen molar-refractivity contribution in [1.82, 2.24) is 9.13 Å². The molecule has 0 spiro atoms. The highest BCUT2D eigenvalue weighted by molar-refractivity contribution is 7.18. The van der Waals surface area contributed by atoms with Crippen LogP contribution in [0.5, 0.6) is 5.75 Å². The van der Waals surface area contributed by atoms with Crippen LogP contribution in [0.2, 0.25) is 0 Å². The summed E-state index contributed by atoms with van der Waals surface area (Å²) in [6, 6.07) is 8.68. The van der Waals surface area contributed by atoms with Crippen LogP contribution in [0.1, 0.15) is 4.88 Å². The summed E-state index contributed by atoms with van der Waals surface area (Å²) in [4.78, 5) is 38.4. The van der Waals surface area contributed by atoms with Crippen LogP contribution in [0.3, 0.4) is 0 Å². The maximum atomic E-state index is 12.4. The van der Waals surface area contributed by atoms with Gasteiger partial charge < -0.3 is 10.1 Å². The van der Waals surface area contributed by atoms with Gasteiger partial charge in [0.15, 0.2) is 0 Å². The molecule has 1 amide bonds. The van der Waals surface area contributed by atoms with Gasteiger partial charge in [0.2, 0.25) is 5.91 Å². The molecule has 0 bridgehead atoms. The molecule has 0 unspecified atom stereocenters. The van der Waals surface area contributed by atoms with Gasteiger partial charge in [0.1, 0.15) is 17.1 Å².